The number of rotatable bonds is 5. The van der Waals surface area contributed by atoms with Gasteiger partial charge in [0.2, 0.25) is 5.91 Å². The molecule has 2 atom stereocenters. The van der Waals surface area contributed by atoms with Gasteiger partial charge >= 0.3 is 0 Å². The maximum absolute atomic E-state index is 12.8. The third-order valence-corrected chi connectivity index (χ3v) is 5.58. The minimum atomic E-state index is -0.605. The summed E-state index contributed by atoms with van der Waals surface area (Å²) < 4.78 is 6.27. The van der Waals surface area contributed by atoms with Crippen LogP contribution in [0.5, 0.6) is 5.75 Å². The third-order valence-electron chi connectivity index (χ3n) is 5.35. The number of halogens is 1. The number of ether oxygens (including phenoxy) is 1. The predicted molar refractivity (Wildman–Crippen MR) is 104 cm³/mol. The zero-order valence-electron chi connectivity index (χ0n) is 15.3. The molecule has 0 spiro atoms. The van der Waals surface area contributed by atoms with Crippen molar-refractivity contribution in [1.82, 2.24) is 10.2 Å². The molecule has 0 aromatic heterocycles. The van der Waals surface area contributed by atoms with Crippen molar-refractivity contribution in [2.75, 3.05) is 6.54 Å². The van der Waals surface area contributed by atoms with Gasteiger partial charge in [-0.25, -0.2) is 0 Å². The van der Waals surface area contributed by atoms with E-state index in [1.807, 2.05) is 12.1 Å². The number of nitrogens with one attached hydrogen (secondary N) is 1. The Morgan fingerprint density at radius 1 is 1.33 bits per heavy atom. The van der Waals surface area contributed by atoms with E-state index in [4.69, 9.17) is 22.8 Å². The van der Waals surface area contributed by atoms with Crippen LogP contribution in [0, 0.1) is 23.7 Å². The van der Waals surface area contributed by atoms with Crippen molar-refractivity contribution < 1.29 is 9.53 Å². The molecule has 1 saturated heterocycles. The van der Waals surface area contributed by atoms with Crippen LogP contribution in [0.2, 0.25) is 5.02 Å². The summed E-state index contributed by atoms with van der Waals surface area (Å²) in [6, 6.07) is 8.73. The Morgan fingerprint density at radius 2 is 2.07 bits per heavy atom. The average Bonchev–Trinajstić information content (AvgIpc) is 3.10. The SMILES string of the molecule is C#C[C@H]1CC[C@@H](C#N)N1C(=O)CNC1(Oc2cccc(Cl)c2)CCCCC1. The number of amides is 1. The summed E-state index contributed by atoms with van der Waals surface area (Å²) in [4.78, 5) is 14.4. The van der Waals surface area contributed by atoms with Crippen molar-refractivity contribution >= 4 is 17.5 Å². The van der Waals surface area contributed by atoms with Gasteiger partial charge in [-0.05, 0) is 43.9 Å². The van der Waals surface area contributed by atoms with Crippen molar-refractivity contribution in [1.29, 1.82) is 5.26 Å². The maximum Gasteiger partial charge on any atom is 0.238 e. The van der Waals surface area contributed by atoms with Crippen LogP contribution in [-0.2, 0) is 4.79 Å². The van der Waals surface area contributed by atoms with Crippen LogP contribution < -0.4 is 10.1 Å². The number of nitrogens with zero attached hydrogens (tertiary/aromatic N) is 2. The van der Waals surface area contributed by atoms with Crippen LogP contribution >= 0.6 is 11.6 Å². The summed E-state index contributed by atoms with van der Waals surface area (Å²) in [6.45, 7) is 0.0942. The number of carbonyl (C=O) groups is 1. The smallest absolute Gasteiger partial charge is 0.238 e. The Labute approximate surface area is 165 Å². The van der Waals surface area contributed by atoms with Gasteiger partial charge in [-0.15, -0.1) is 6.42 Å². The summed E-state index contributed by atoms with van der Waals surface area (Å²) >= 11 is 6.07. The molecule has 1 heterocycles. The number of nitriles is 1. The topological polar surface area (TPSA) is 65.4 Å². The molecule has 2 aliphatic rings. The largest absolute Gasteiger partial charge is 0.473 e. The lowest BCUT2D eigenvalue weighted by atomic mass is 9.91. The number of terminal acetylenes is 1. The summed E-state index contributed by atoms with van der Waals surface area (Å²) in [5, 5.41) is 13.3. The summed E-state index contributed by atoms with van der Waals surface area (Å²) in [5.41, 5.74) is -0.605. The highest BCUT2D eigenvalue weighted by molar-refractivity contribution is 6.30. The molecule has 3 rings (SSSR count). The Bertz CT molecular complexity index is 739. The van der Waals surface area contributed by atoms with Crippen molar-refractivity contribution in [2.45, 2.75) is 62.8 Å². The zero-order chi connectivity index (χ0) is 19.3. The molecular formula is C21H24ClN3O2. The molecule has 1 saturated carbocycles. The van der Waals surface area contributed by atoms with E-state index in [0.29, 0.717) is 23.6 Å². The predicted octanol–water partition coefficient (Wildman–Crippen LogP) is 3.49. The van der Waals surface area contributed by atoms with Gasteiger partial charge in [-0.2, -0.15) is 5.26 Å². The van der Waals surface area contributed by atoms with Crippen LogP contribution in [0.1, 0.15) is 44.9 Å². The number of hydrogen-bond acceptors (Lipinski definition) is 4. The Balaban J connectivity index is 1.70. The Kier molecular flexibility index (Phi) is 6.26. The molecule has 1 aliphatic heterocycles. The fraction of sp³-hybridized carbons (Fsp3) is 0.524. The van der Waals surface area contributed by atoms with Crippen molar-refractivity contribution in [2.24, 2.45) is 0 Å². The molecule has 1 N–H and O–H groups in total. The molecular weight excluding hydrogens is 362 g/mol. The first-order valence-corrected chi connectivity index (χ1v) is 9.81. The van der Waals surface area contributed by atoms with E-state index in [9.17, 15) is 10.1 Å². The minimum Gasteiger partial charge on any atom is -0.473 e. The zero-order valence-corrected chi connectivity index (χ0v) is 16.0. The molecule has 1 aromatic rings. The second-order valence-electron chi connectivity index (χ2n) is 7.17. The van der Waals surface area contributed by atoms with Crippen LogP contribution in [0.15, 0.2) is 24.3 Å². The monoisotopic (exact) mass is 385 g/mol. The number of hydrogen-bond donors (Lipinski definition) is 1. The molecule has 2 fully saturated rings. The van der Waals surface area contributed by atoms with Crippen molar-refractivity contribution in [3.63, 3.8) is 0 Å². The first-order valence-electron chi connectivity index (χ1n) is 9.43. The first kappa shape index (κ1) is 19.5. The fourth-order valence-electron chi connectivity index (χ4n) is 3.97. The van der Waals surface area contributed by atoms with Gasteiger partial charge in [-0.3, -0.25) is 10.1 Å². The van der Waals surface area contributed by atoms with E-state index in [2.05, 4.69) is 17.3 Å². The van der Waals surface area contributed by atoms with E-state index in [1.165, 1.54) is 0 Å². The van der Waals surface area contributed by atoms with Gasteiger partial charge in [0.05, 0.1) is 18.7 Å². The summed E-state index contributed by atoms with van der Waals surface area (Å²) in [7, 11) is 0. The van der Waals surface area contributed by atoms with Crippen LogP contribution in [0.3, 0.4) is 0 Å². The van der Waals surface area contributed by atoms with Crippen molar-refractivity contribution in [3.05, 3.63) is 29.3 Å². The van der Waals surface area contributed by atoms with Crippen LogP contribution in [0.25, 0.3) is 0 Å². The van der Waals surface area contributed by atoms with Gasteiger partial charge in [0.1, 0.15) is 11.8 Å². The molecule has 6 heteroatoms. The standard InChI is InChI=1S/C21H24ClN3O2/c1-2-17-9-10-18(14-23)25(17)20(26)15-24-21(11-4-3-5-12-21)27-19-8-6-7-16(22)13-19/h1,6-8,13,17-18,24H,3-5,9-12,15H2/t17-,18-/m0/s1. The van der Waals surface area contributed by atoms with Crippen molar-refractivity contribution in [3.8, 4) is 24.2 Å². The summed E-state index contributed by atoms with van der Waals surface area (Å²) in [6.07, 6.45) is 11.7. The van der Waals surface area contributed by atoms with Crippen LogP contribution in [-0.4, -0.2) is 35.2 Å². The first-order chi connectivity index (χ1) is 13.1. The van der Waals surface area contributed by atoms with E-state index in [0.717, 1.165) is 32.1 Å². The highest BCUT2D eigenvalue weighted by Crippen LogP contribution is 2.32. The van der Waals surface area contributed by atoms with Gasteiger partial charge in [0.25, 0.3) is 0 Å². The average molecular weight is 386 g/mol. The van der Waals surface area contributed by atoms with Gasteiger partial charge in [-0.1, -0.05) is 30.0 Å². The number of benzene rings is 1. The summed E-state index contributed by atoms with van der Waals surface area (Å²) in [5.74, 6) is 3.16. The molecule has 1 amide bonds. The highest BCUT2D eigenvalue weighted by atomic mass is 35.5. The van der Waals surface area contributed by atoms with Crippen LogP contribution in [0.4, 0.5) is 0 Å². The molecule has 5 nitrogen and oxygen atoms in total. The number of carbonyl (C=O) groups excluding carboxylic acids is 1. The number of likely N-dealkylation sites (tertiary alicyclic amines) is 1. The molecule has 0 bridgehead atoms. The van der Waals surface area contributed by atoms with E-state index >= 15 is 0 Å². The second-order valence-corrected chi connectivity index (χ2v) is 7.61. The van der Waals surface area contributed by atoms with E-state index in [1.54, 1.807) is 17.0 Å². The van der Waals surface area contributed by atoms with Gasteiger partial charge < -0.3 is 9.64 Å². The lowest BCUT2D eigenvalue weighted by Gasteiger charge is -2.39. The molecule has 1 aromatic carbocycles. The lowest BCUT2D eigenvalue weighted by molar-refractivity contribution is -0.133. The van der Waals surface area contributed by atoms with Gasteiger partial charge in [0.15, 0.2) is 5.72 Å². The van der Waals surface area contributed by atoms with E-state index < -0.39 is 11.8 Å². The Hall–Kier alpha value is -2.21. The molecule has 1 aliphatic carbocycles. The highest BCUT2D eigenvalue weighted by Gasteiger charge is 2.39. The molecule has 27 heavy (non-hydrogen) atoms. The minimum absolute atomic E-state index is 0.0942. The normalized spacial score (nSPS) is 24.0. The lowest BCUT2D eigenvalue weighted by Crippen LogP contribution is -2.55. The van der Waals surface area contributed by atoms with Gasteiger partial charge in [0, 0.05) is 17.9 Å². The Morgan fingerprint density at radius 3 is 2.74 bits per heavy atom. The molecule has 0 radical (unpaired) electrons. The maximum atomic E-state index is 12.8. The molecule has 142 valence electrons. The molecule has 0 unspecified atom stereocenters. The van der Waals surface area contributed by atoms with E-state index in [-0.39, 0.29) is 18.5 Å². The second kappa shape index (κ2) is 8.65. The fourth-order valence-corrected chi connectivity index (χ4v) is 4.15. The third kappa shape index (κ3) is 4.56. The quantitative estimate of drug-likeness (QED) is 0.622.